The molecule has 0 unspecified atom stereocenters. The highest BCUT2D eigenvalue weighted by Gasteiger charge is 1.90. The molecular weight excluding hydrogens is 196 g/mol. The average molecular weight is 214 g/mol. The Kier molecular flexibility index (Phi) is 6.87. The molecule has 0 aliphatic carbocycles. The zero-order valence-corrected chi connectivity index (χ0v) is 9.61. The lowest BCUT2D eigenvalue weighted by molar-refractivity contribution is 0.119. The first-order valence-corrected chi connectivity index (χ1v) is 5.62. The van der Waals surface area contributed by atoms with Gasteiger partial charge in [0.05, 0.1) is 6.61 Å². The fourth-order valence-corrected chi connectivity index (χ4v) is 1.26. The van der Waals surface area contributed by atoms with Gasteiger partial charge in [-0.2, -0.15) is 0 Å². The van der Waals surface area contributed by atoms with Gasteiger partial charge < -0.3 is 4.74 Å². The number of unbranched alkanes of at least 4 members (excludes halogenated alkanes) is 1. The van der Waals surface area contributed by atoms with Gasteiger partial charge in [-0.25, -0.2) is 0 Å². The molecule has 0 N–H and O–H groups in total. The molecule has 0 aliphatic rings. The van der Waals surface area contributed by atoms with Crippen LogP contribution in [0, 0.1) is 11.8 Å². The lowest BCUT2D eigenvalue weighted by Gasteiger charge is -2.02. The van der Waals surface area contributed by atoms with E-state index in [1.54, 1.807) is 0 Å². The number of hydrogen-bond donors (Lipinski definition) is 0. The van der Waals surface area contributed by atoms with Crippen LogP contribution in [0.4, 0.5) is 0 Å². The van der Waals surface area contributed by atoms with E-state index in [0.29, 0.717) is 6.61 Å². The first kappa shape index (κ1) is 12.5. The van der Waals surface area contributed by atoms with E-state index in [-0.39, 0.29) is 0 Å². The fraction of sp³-hybridized carbons (Fsp3) is 0.333. The molecule has 0 aromatic heterocycles. The standard InChI is InChI=1S/C15H18O/c1-2-3-4-5-6-10-13-16-14-15-11-8-7-9-12-15/h2,7-9,11-12H,1,3,6,10,13-14H2. The Bertz CT molecular complexity index is 343. The first-order chi connectivity index (χ1) is 7.93. The Balaban J connectivity index is 2.01. The molecule has 1 aromatic carbocycles. The lowest BCUT2D eigenvalue weighted by Crippen LogP contribution is -1.94. The van der Waals surface area contributed by atoms with Crippen LogP contribution in [0.2, 0.25) is 0 Å². The Morgan fingerprint density at radius 3 is 2.75 bits per heavy atom. The maximum absolute atomic E-state index is 5.54. The third-order valence-corrected chi connectivity index (χ3v) is 2.07. The van der Waals surface area contributed by atoms with Gasteiger partial charge in [-0.15, -0.1) is 12.5 Å². The molecule has 0 saturated carbocycles. The second-order valence-electron chi connectivity index (χ2n) is 3.49. The second kappa shape index (κ2) is 8.76. The molecule has 0 radical (unpaired) electrons. The minimum absolute atomic E-state index is 0.695. The largest absolute Gasteiger partial charge is 0.377 e. The van der Waals surface area contributed by atoms with Crippen molar-refractivity contribution in [3.8, 4) is 11.8 Å². The Morgan fingerprint density at radius 2 is 2.00 bits per heavy atom. The van der Waals surface area contributed by atoms with Crippen LogP contribution in [0.15, 0.2) is 43.0 Å². The van der Waals surface area contributed by atoms with Crippen LogP contribution in [0.25, 0.3) is 0 Å². The summed E-state index contributed by atoms with van der Waals surface area (Å²) in [5, 5.41) is 0. The summed E-state index contributed by atoms with van der Waals surface area (Å²) in [6.07, 6.45) is 4.50. The van der Waals surface area contributed by atoms with Crippen molar-refractivity contribution in [2.45, 2.75) is 25.9 Å². The smallest absolute Gasteiger partial charge is 0.0716 e. The van der Waals surface area contributed by atoms with E-state index in [9.17, 15) is 0 Å². The molecule has 16 heavy (non-hydrogen) atoms. The van der Waals surface area contributed by atoms with Crippen molar-refractivity contribution in [1.29, 1.82) is 0 Å². The van der Waals surface area contributed by atoms with Gasteiger partial charge >= 0.3 is 0 Å². The van der Waals surface area contributed by atoms with E-state index in [1.807, 2.05) is 24.3 Å². The first-order valence-electron chi connectivity index (χ1n) is 5.62. The minimum Gasteiger partial charge on any atom is -0.377 e. The third-order valence-electron chi connectivity index (χ3n) is 2.07. The summed E-state index contributed by atoms with van der Waals surface area (Å²) in [4.78, 5) is 0. The highest BCUT2D eigenvalue weighted by molar-refractivity contribution is 5.13. The molecule has 1 aromatic rings. The highest BCUT2D eigenvalue weighted by atomic mass is 16.5. The van der Waals surface area contributed by atoms with Crippen LogP contribution in [0.1, 0.15) is 24.8 Å². The summed E-state index contributed by atoms with van der Waals surface area (Å²) in [6, 6.07) is 10.2. The van der Waals surface area contributed by atoms with Crippen molar-refractivity contribution in [3.05, 3.63) is 48.6 Å². The molecule has 1 heteroatoms. The number of allylic oxidation sites excluding steroid dienone is 1. The van der Waals surface area contributed by atoms with Crippen LogP contribution in [0.3, 0.4) is 0 Å². The molecule has 0 amide bonds. The van der Waals surface area contributed by atoms with Crippen LogP contribution < -0.4 is 0 Å². The molecule has 0 saturated heterocycles. The molecule has 0 heterocycles. The molecule has 0 bridgehead atoms. The summed E-state index contributed by atoms with van der Waals surface area (Å²) >= 11 is 0. The van der Waals surface area contributed by atoms with E-state index < -0.39 is 0 Å². The predicted molar refractivity (Wildman–Crippen MR) is 67.9 cm³/mol. The minimum atomic E-state index is 0.695. The summed E-state index contributed by atoms with van der Waals surface area (Å²) in [5.41, 5.74) is 1.22. The molecule has 1 nitrogen and oxygen atoms in total. The highest BCUT2D eigenvalue weighted by Crippen LogP contribution is 2.01. The van der Waals surface area contributed by atoms with E-state index in [2.05, 4.69) is 30.6 Å². The van der Waals surface area contributed by atoms with E-state index in [1.165, 1.54) is 5.56 Å². The molecule has 0 aliphatic heterocycles. The van der Waals surface area contributed by atoms with E-state index in [0.717, 1.165) is 25.9 Å². The second-order valence-corrected chi connectivity index (χ2v) is 3.49. The Hall–Kier alpha value is -1.52. The van der Waals surface area contributed by atoms with Crippen LogP contribution >= 0.6 is 0 Å². The van der Waals surface area contributed by atoms with Crippen LogP contribution in [-0.4, -0.2) is 6.61 Å². The zero-order chi connectivity index (χ0) is 11.5. The van der Waals surface area contributed by atoms with Crippen molar-refractivity contribution < 1.29 is 4.74 Å². The molecule has 0 fully saturated rings. The van der Waals surface area contributed by atoms with Crippen molar-refractivity contribution in [2.24, 2.45) is 0 Å². The van der Waals surface area contributed by atoms with Gasteiger partial charge in [-0.1, -0.05) is 42.3 Å². The monoisotopic (exact) mass is 214 g/mol. The molecule has 1 rings (SSSR count). The number of rotatable bonds is 6. The van der Waals surface area contributed by atoms with Crippen molar-refractivity contribution in [1.82, 2.24) is 0 Å². The van der Waals surface area contributed by atoms with Gasteiger partial charge in [0, 0.05) is 19.4 Å². The van der Waals surface area contributed by atoms with Crippen molar-refractivity contribution >= 4 is 0 Å². The summed E-state index contributed by atoms with van der Waals surface area (Å²) < 4.78 is 5.54. The average Bonchev–Trinajstić information content (AvgIpc) is 2.34. The summed E-state index contributed by atoms with van der Waals surface area (Å²) in [5.74, 6) is 6.10. The maximum Gasteiger partial charge on any atom is 0.0716 e. The molecule has 84 valence electrons. The number of ether oxygens (including phenoxy) is 1. The molecular formula is C15H18O. The number of hydrogen-bond acceptors (Lipinski definition) is 1. The SMILES string of the molecule is C=CCC#CCCCOCc1ccccc1. The van der Waals surface area contributed by atoms with Crippen molar-refractivity contribution in [2.75, 3.05) is 6.61 Å². The Morgan fingerprint density at radius 1 is 1.19 bits per heavy atom. The summed E-state index contributed by atoms with van der Waals surface area (Å²) in [6.45, 7) is 5.09. The summed E-state index contributed by atoms with van der Waals surface area (Å²) in [7, 11) is 0. The quantitative estimate of drug-likeness (QED) is 0.399. The van der Waals surface area contributed by atoms with Gasteiger partial charge in [-0.05, 0) is 12.0 Å². The van der Waals surface area contributed by atoms with Crippen molar-refractivity contribution in [3.63, 3.8) is 0 Å². The van der Waals surface area contributed by atoms with Gasteiger partial charge in [0.2, 0.25) is 0 Å². The van der Waals surface area contributed by atoms with Gasteiger partial charge in [0.1, 0.15) is 0 Å². The fourth-order valence-electron chi connectivity index (χ4n) is 1.26. The van der Waals surface area contributed by atoms with Gasteiger partial charge in [0.15, 0.2) is 0 Å². The third kappa shape index (κ3) is 6.06. The van der Waals surface area contributed by atoms with Gasteiger partial charge in [0.25, 0.3) is 0 Å². The normalized spacial score (nSPS) is 9.25. The topological polar surface area (TPSA) is 9.23 Å². The van der Waals surface area contributed by atoms with Crippen LogP contribution in [0.5, 0.6) is 0 Å². The number of benzene rings is 1. The van der Waals surface area contributed by atoms with Crippen LogP contribution in [-0.2, 0) is 11.3 Å². The molecule has 0 spiro atoms. The lowest BCUT2D eigenvalue weighted by atomic mass is 10.2. The van der Waals surface area contributed by atoms with Gasteiger partial charge in [-0.3, -0.25) is 0 Å². The predicted octanol–water partition coefficient (Wildman–Crippen LogP) is 3.56. The maximum atomic E-state index is 5.54. The molecule has 0 atom stereocenters. The van der Waals surface area contributed by atoms with E-state index in [4.69, 9.17) is 4.74 Å². The zero-order valence-electron chi connectivity index (χ0n) is 9.61. The van der Waals surface area contributed by atoms with E-state index >= 15 is 0 Å². The Labute approximate surface area is 98.1 Å².